The monoisotopic (exact) mass is 495 g/mol. The topological polar surface area (TPSA) is 95.6 Å². The van der Waals surface area contributed by atoms with Gasteiger partial charge in [0.25, 0.3) is 5.91 Å². The lowest BCUT2D eigenvalue weighted by atomic mass is 10.0. The second kappa shape index (κ2) is 8.98. The molecule has 0 radical (unpaired) electrons. The van der Waals surface area contributed by atoms with Crippen molar-refractivity contribution in [1.29, 1.82) is 0 Å². The molecule has 1 aromatic heterocycles. The molecule has 2 unspecified atom stereocenters. The van der Waals surface area contributed by atoms with Gasteiger partial charge in [-0.05, 0) is 72.5 Å². The lowest BCUT2D eigenvalue weighted by Crippen LogP contribution is -2.35. The van der Waals surface area contributed by atoms with Gasteiger partial charge in [-0.3, -0.25) is 9.59 Å². The highest BCUT2D eigenvalue weighted by atomic mass is 32.2. The fourth-order valence-corrected chi connectivity index (χ4v) is 7.49. The summed E-state index contributed by atoms with van der Waals surface area (Å²) in [5.74, 6) is 0.0748. The van der Waals surface area contributed by atoms with E-state index in [2.05, 4.69) is 17.2 Å². The Morgan fingerprint density at radius 3 is 2.35 bits per heavy atom. The second-order valence-electron chi connectivity index (χ2n) is 8.85. The minimum atomic E-state index is -3.62. The highest BCUT2D eigenvalue weighted by Crippen LogP contribution is 2.40. The number of thiophene rings is 1. The average molecular weight is 496 g/mol. The third-order valence-corrected chi connectivity index (χ3v) is 9.61. The minimum absolute atomic E-state index is 0.0780. The zero-order chi connectivity index (χ0) is 23.9. The van der Waals surface area contributed by atoms with Crippen LogP contribution in [0.25, 0.3) is 10.1 Å². The first-order valence-corrected chi connectivity index (χ1v) is 13.4. The highest BCUT2D eigenvalue weighted by Gasteiger charge is 2.45. The molecular weight excluding hydrogens is 470 g/mol. The maximum absolute atomic E-state index is 13.2. The van der Waals surface area contributed by atoms with Crippen LogP contribution in [0.3, 0.4) is 0 Å². The minimum Gasteiger partial charge on any atom is -0.350 e. The Morgan fingerprint density at radius 2 is 1.71 bits per heavy atom. The smallest absolute Gasteiger partial charge is 0.265 e. The molecule has 2 amide bonds. The molecule has 0 spiro atoms. The van der Waals surface area contributed by atoms with E-state index in [0.29, 0.717) is 23.7 Å². The molecule has 5 rings (SSSR count). The molecule has 2 fully saturated rings. The number of nitrogens with zero attached hydrogens (tertiary/aromatic N) is 1. The van der Waals surface area contributed by atoms with Crippen molar-refractivity contribution in [1.82, 2.24) is 9.62 Å². The zero-order valence-electron chi connectivity index (χ0n) is 18.4. The van der Waals surface area contributed by atoms with Crippen molar-refractivity contribution < 1.29 is 18.0 Å². The van der Waals surface area contributed by atoms with Crippen molar-refractivity contribution in [2.75, 3.05) is 18.4 Å². The zero-order valence-corrected chi connectivity index (χ0v) is 20.1. The molecule has 1 aliphatic carbocycles. The number of hydrogen-bond acceptors (Lipinski definition) is 5. The van der Waals surface area contributed by atoms with Gasteiger partial charge in [0, 0.05) is 29.5 Å². The lowest BCUT2D eigenvalue weighted by Gasteiger charge is -2.19. The summed E-state index contributed by atoms with van der Waals surface area (Å²) in [4.78, 5) is 25.0. The number of hydrogen-bond donors (Lipinski definition) is 2. The molecule has 2 aromatic carbocycles. The van der Waals surface area contributed by atoms with Crippen LogP contribution < -0.4 is 10.6 Å². The van der Waals surface area contributed by atoms with Crippen LogP contribution >= 0.6 is 11.3 Å². The summed E-state index contributed by atoms with van der Waals surface area (Å²) in [7, 11) is -3.62. The van der Waals surface area contributed by atoms with Crippen LogP contribution in [0.2, 0.25) is 0 Å². The van der Waals surface area contributed by atoms with Gasteiger partial charge in [-0.2, -0.15) is 4.31 Å². The number of fused-ring (bicyclic) bond motifs is 2. The predicted octanol–water partition coefficient (Wildman–Crippen LogP) is 3.85. The molecule has 7 nitrogen and oxygen atoms in total. The molecule has 2 heterocycles. The van der Waals surface area contributed by atoms with Crippen molar-refractivity contribution in [3.8, 4) is 0 Å². The summed E-state index contributed by atoms with van der Waals surface area (Å²) in [5.41, 5.74) is 0.542. The van der Waals surface area contributed by atoms with Gasteiger partial charge >= 0.3 is 0 Å². The molecule has 2 aliphatic rings. The van der Waals surface area contributed by atoms with E-state index in [9.17, 15) is 18.0 Å². The average Bonchev–Trinajstić information content (AvgIpc) is 3.52. The predicted molar refractivity (Wildman–Crippen MR) is 133 cm³/mol. The molecule has 3 aromatic rings. The number of carbonyl (C=O) groups excluding carboxylic acids is 2. The summed E-state index contributed by atoms with van der Waals surface area (Å²) < 4.78 is 28.9. The van der Waals surface area contributed by atoms with Gasteiger partial charge in [0.05, 0.1) is 9.77 Å². The standard InChI is InChI=1S/C25H25N3O4S2/c1-2-24(29)26-20-11-17-14-28(15-18(17)12-20)34(31,32)21-9-7-19(8-10-21)27-25(30)23-13-16-5-3-4-6-22(16)33-23/h2-10,13,17-18,20H,1,11-12,14-15H2,(H,26,29)(H,27,30). The third-order valence-electron chi connectivity index (χ3n) is 6.65. The first kappa shape index (κ1) is 22.8. The van der Waals surface area contributed by atoms with Gasteiger partial charge in [0.2, 0.25) is 15.9 Å². The summed E-state index contributed by atoms with van der Waals surface area (Å²) >= 11 is 1.42. The van der Waals surface area contributed by atoms with E-state index in [0.717, 1.165) is 22.9 Å². The Kier molecular flexibility index (Phi) is 6.01. The first-order valence-electron chi connectivity index (χ1n) is 11.2. The number of carbonyl (C=O) groups is 2. The molecule has 2 atom stereocenters. The Hall–Kier alpha value is -3.01. The van der Waals surface area contributed by atoms with Gasteiger partial charge in [0.15, 0.2) is 0 Å². The Balaban J connectivity index is 1.22. The van der Waals surface area contributed by atoms with Crippen molar-refractivity contribution in [3.05, 3.63) is 72.1 Å². The number of benzene rings is 2. The molecule has 34 heavy (non-hydrogen) atoms. The van der Waals surface area contributed by atoms with Crippen LogP contribution in [0, 0.1) is 11.8 Å². The Bertz CT molecular complexity index is 1320. The summed E-state index contributed by atoms with van der Waals surface area (Å²) in [6, 6.07) is 16.1. The molecule has 1 saturated carbocycles. The van der Waals surface area contributed by atoms with Crippen LogP contribution in [0.15, 0.2) is 72.1 Å². The number of sulfonamides is 1. The van der Waals surface area contributed by atoms with Gasteiger partial charge < -0.3 is 10.6 Å². The Labute approximate surface area is 202 Å². The normalized spacial score (nSPS) is 22.4. The van der Waals surface area contributed by atoms with Gasteiger partial charge in [-0.15, -0.1) is 11.3 Å². The molecule has 176 valence electrons. The quantitative estimate of drug-likeness (QED) is 0.508. The summed E-state index contributed by atoms with van der Waals surface area (Å²) in [5, 5.41) is 6.79. The molecule has 1 aliphatic heterocycles. The highest BCUT2D eigenvalue weighted by molar-refractivity contribution is 7.89. The van der Waals surface area contributed by atoms with E-state index in [1.807, 2.05) is 30.3 Å². The summed E-state index contributed by atoms with van der Waals surface area (Å²) in [6.45, 7) is 4.39. The van der Waals surface area contributed by atoms with Crippen molar-refractivity contribution >= 4 is 48.9 Å². The largest absolute Gasteiger partial charge is 0.350 e. The van der Waals surface area contributed by atoms with Crippen LogP contribution in [0.1, 0.15) is 22.5 Å². The van der Waals surface area contributed by atoms with E-state index in [1.165, 1.54) is 29.5 Å². The van der Waals surface area contributed by atoms with Crippen LogP contribution in [0.4, 0.5) is 5.69 Å². The lowest BCUT2D eigenvalue weighted by molar-refractivity contribution is -0.117. The van der Waals surface area contributed by atoms with E-state index in [1.54, 1.807) is 16.4 Å². The van der Waals surface area contributed by atoms with E-state index in [-0.39, 0.29) is 34.6 Å². The van der Waals surface area contributed by atoms with Gasteiger partial charge in [-0.25, -0.2) is 8.42 Å². The fraction of sp³-hybridized carbons (Fsp3) is 0.280. The third kappa shape index (κ3) is 4.38. The SMILES string of the molecule is C=CC(=O)NC1CC2CN(S(=O)(=O)c3ccc(NC(=O)c4cc5ccccc5s4)cc3)CC2C1. The van der Waals surface area contributed by atoms with Crippen LogP contribution in [-0.4, -0.2) is 43.7 Å². The van der Waals surface area contributed by atoms with Crippen LogP contribution in [0.5, 0.6) is 0 Å². The summed E-state index contributed by atoms with van der Waals surface area (Å²) in [6.07, 6.45) is 2.82. The molecule has 0 bridgehead atoms. The van der Waals surface area contributed by atoms with Crippen molar-refractivity contribution in [2.24, 2.45) is 11.8 Å². The van der Waals surface area contributed by atoms with Crippen molar-refractivity contribution in [2.45, 2.75) is 23.8 Å². The fourth-order valence-electron chi connectivity index (χ4n) is 4.98. The number of nitrogens with one attached hydrogen (secondary N) is 2. The van der Waals surface area contributed by atoms with Crippen LogP contribution in [-0.2, 0) is 14.8 Å². The first-order chi connectivity index (χ1) is 16.3. The van der Waals surface area contributed by atoms with E-state index < -0.39 is 10.0 Å². The van der Waals surface area contributed by atoms with Crippen molar-refractivity contribution in [3.63, 3.8) is 0 Å². The van der Waals surface area contributed by atoms with E-state index >= 15 is 0 Å². The molecule has 2 N–H and O–H groups in total. The molecular formula is C25H25N3O4S2. The number of amides is 2. The number of rotatable bonds is 6. The number of anilines is 1. The maximum atomic E-state index is 13.2. The molecule has 9 heteroatoms. The Morgan fingerprint density at radius 1 is 1.03 bits per heavy atom. The van der Waals surface area contributed by atoms with Gasteiger partial charge in [-0.1, -0.05) is 24.8 Å². The maximum Gasteiger partial charge on any atom is 0.265 e. The second-order valence-corrected chi connectivity index (χ2v) is 11.9. The van der Waals surface area contributed by atoms with E-state index in [4.69, 9.17) is 0 Å². The van der Waals surface area contributed by atoms with Gasteiger partial charge in [0.1, 0.15) is 0 Å². The molecule has 1 saturated heterocycles.